The molecule has 0 fully saturated rings. The molecule has 0 bridgehead atoms. The van der Waals surface area contributed by atoms with Crippen molar-refractivity contribution in [1.29, 1.82) is 0 Å². The summed E-state index contributed by atoms with van der Waals surface area (Å²) in [5, 5.41) is 23.8. The predicted molar refractivity (Wildman–Crippen MR) is 200 cm³/mol. The number of hydrogen-bond donors (Lipinski definition) is 1. The zero-order valence-electron chi connectivity index (χ0n) is 32.3. The lowest BCUT2D eigenvalue weighted by Crippen LogP contribution is -2.45. The molecule has 0 amide bonds. The van der Waals surface area contributed by atoms with Crippen LogP contribution in [0.15, 0.2) is 48.3 Å². The van der Waals surface area contributed by atoms with E-state index in [1.165, 1.54) is 13.0 Å². The second kappa shape index (κ2) is 13.4. The molecule has 278 valence electrons. The lowest BCUT2D eigenvalue weighted by molar-refractivity contribution is -0.780. The first-order chi connectivity index (χ1) is 25.1. The molecule has 0 aromatic carbocycles. The van der Waals surface area contributed by atoms with Gasteiger partial charge in [-0.2, -0.15) is 15.3 Å². The van der Waals surface area contributed by atoms with Gasteiger partial charge < -0.3 is 14.8 Å². The Kier molecular flexibility index (Phi) is 9.44. The fourth-order valence-corrected chi connectivity index (χ4v) is 9.53. The Morgan fingerprint density at radius 3 is 1.68 bits per heavy atom. The second-order valence-electron chi connectivity index (χ2n) is 15.1. The Balaban J connectivity index is 0.000000195. The van der Waals surface area contributed by atoms with Gasteiger partial charge in [0.2, 0.25) is 17.6 Å². The number of aryl methyl sites for hydroxylation is 4. The van der Waals surface area contributed by atoms with E-state index < -0.39 is 5.41 Å². The highest BCUT2D eigenvalue weighted by Crippen LogP contribution is 2.52. The first-order valence-corrected chi connectivity index (χ1v) is 17.3. The van der Waals surface area contributed by atoms with Crippen LogP contribution in [0.5, 0.6) is 0 Å². The standard InChI is InChI=1S/C19H22N5O2.C19H21N5O.2CH4/c1-11-14-7-6-13-16(12-9-22(4)24(26)10-12)23(5)21-18(13)19(14,2)8-15(20-3)17(11)25;1-11-14-7-6-13-16(12-9-21-23(4)10-12)24(5)22-18(13)19(14,2)8-15(20-3)17(11)25;;/h8-11,14,26H,6-7H2,1-2,4-5H3;8-11,14H,6-7H2,1-2,4-5H3;2*1H4/q+1;;;/t2*11-,14-,19-;;/m00../s1/i;;1T;. The average Bonchev–Trinajstić information content (AvgIpc) is 3.89. The molecule has 0 saturated carbocycles. The van der Waals surface area contributed by atoms with Crippen molar-refractivity contribution in [2.75, 3.05) is 0 Å². The van der Waals surface area contributed by atoms with E-state index in [0.29, 0.717) is 0 Å². The van der Waals surface area contributed by atoms with Crippen molar-refractivity contribution >= 4 is 11.6 Å². The molecule has 0 aliphatic heterocycles. The van der Waals surface area contributed by atoms with E-state index >= 15 is 0 Å². The Labute approximate surface area is 313 Å². The summed E-state index contributed by atoms with van der Waals surface area (Å²) in [7, 11) is 8.78. The monoisotopic (exact) mass is 721 g/mol. The summed E-state index contributed by atoms with van der Waals surface area (Å²) in [6.07, 6.45) is 14.6. The Bertz CT molecular complexity index is 2270. The Hall–Kier alpha value is -5.56. The van der Waals surface area contributed by atoms with Crippen molar-refractivity contribution < 1.29 is 20.8 Å². The smallest absolute Gasteiger partial charge is 0.226 e. The minimum absolute atomic E-state index is 0. The van der Waals surface area contributed by atoms with Crippen molar-refractivity contribution in [3.63, 3.8) is 0 Å². The molecule has 53 heavy (non-hydrogen) atoms. The van der Waals surface area contributed by atoms with Crippen LogP contribution in [0.1, 0.15) is 79.3 Å². The third kappa shape index (κ3) is 5.65. The van der Waals surface area contributed by atoms with Crippen LogP contribution in [0.25, 0.3) is 32.2 Å². The highest BCUT2D eigenvalue weighted by atomic mass is 16.5. The van der Waals surface area contributed by atoms with Crippen molar-refractivity contribution in [2.45, 2.75) is 79.0 Å². The summed E-state index contributed by atoms with van der Waals surface area (Å²) < 4.78 is 12.9. The summed E-state index contributed by atoms with van der Waals surface area (Å²) in [4.78, 5) is 32.9. The van der Waals surface area contributed by atoms with Crippen LogP contribution < -0.4 is 4.68 Å². The molecule has 0 saturated heterocycles. The van der Waals surface area contributed by atoms with Gasteiger partial charge in [-0.1, -0.05) is 59.4 Å². The van der Waals surface area contributed by atoms with Gasteiger partial charge in [-0.3, -0.25) is 14.0 Å². The molecule has 8 rings (SSSR count). The maximum absolute atomic E-state index is 12.5. The zero-order valence-corrected chi connectivity index (χ0v) is 31.3. The van der Waals surface area contributed by atoms with Crippen LogP contribution in [0.4, 0.5) is 0 Å². The number of carbonyl (C=O) groups is 2. The van der Waals surface area contributed by atoms with Gasteiger partial charge in [0.15, 0.2) is 18.6 Å². The molecule has 13 nitrogen and oxygen atoms in total. The third-order valence-corrected chi connectivity index (χ3v) is 12.1. The number of ketones is 2. The van der Waals surface area contributed by atoms with E-state index in [9.17, 15) is 14.8 Å². The molecule has 4 aliphatic carbocycles. The zero-order chi connectivity index (χ0) is 38.7. The van der Waals surface area contributed by atoms with Gasteiger partial charge in [-0.05, 0) is 37.5 Å². The lowest BCUT2D eigenvalue weighted by atomic mass is 9.58. The van der Waals surface area contributed by atoms with E-state index in [0.717, 1.165) is 70.0 Å². The van der Waals surface area contributed by atoms with Crippen molar-refractivity contribution in [1.82, 2.24) is 34.2 Å². The van der Waals surface area contributed by atoms with Gasteiger partial charge in [0.25, 0.3) is 0 Å². The molecular weight excluding hydrogens is 669 g/mol. The predicted octanol–water partition coefficient (Wildman–Crippen LogP) is 5.73. The SMILES string of the molecule is C.[3H]C.[C-]#[N+]C1=C[C@]2(C)c3nn(C)c(-c4cn(O)[n+](C)c4)c3CC[C@H]2[C@H](C)C1=O.[C-]#[N+]C1=C[C@]2(C)c3nn(C)c(-c4cnn(C)c4)c3CC[C@H]2[C@H](C)C1=O. The fraction of sp³-hybridized carbons (Fsp3) is 0.500. The van der Waals surface area contributed by atoms with Gasteiger partial charge >= 0.3 is 0 Å². The number of rotatable bonds is 2. The molecule has 0 radical (unpaired) electrons. The molecular formula is C40H51N10O3+. The van der Waals surface area contributed by atoms with Crippen molar-refractivity contribution in [2.24, 2.45) is 51.9 Å². The number of hydrogen-bond acceptors (Lipinski definition) is 6. The normalized spacial score (nSPS) is 26.9. The van der Waals surface area contributed by atoms with Gasteiger partial charge in [0, 0.05) is 72.9 Å². The van der Waals surface area contributed by atoms with E-state index in [-0.39, 0.29) is 59.5 Å². The number of aromatic nitrogens is 8. The van der Waals surface area contributed by atoms with Gasteiger partial charge in [-0.25, -0.2) is 9.69 Å². The number of Topliss-reactive ketones (excluding diaryl/α,β-unsaturated/α-hetero) is 2. The molecule has 4 aromatic heterocycles. The fourth-order valence-electron chi connectivity index (χ4n) is 9.53. The topological polar surface area (TPSA) is 125 Å². The van der Waals surface area contributed by atoms with E-state index in [1.807, 2.05) is 75.1 Å². The largest absolute Gasteiger partial charge is 0.384 e. The number of carbonyl (C=O) groups excluding carboxylic acids is 2. The molecule has 1 N–H and O–H groups in total. The van der Waals surface area contributed by atoms with Crippen LogP contribution in [-0.4, -0.2) is 51.0 Å². The molecule has 4 heterocycles. The highest BCUT2D eigenvalue weighted by Gasteiger charge is 2.51. The Morgan fingerprint density at radius 2 is 1.30 bits per heavy atom. The van der Waals surface area contributed by atoms with E-state index in [1.54, 1.807) is 22.6 Å². The Morgan fingerprint density at radius 1 is 0.849 bits per heavy atom. The quantitative estimate of drug-likeness (QED) is 0.160. The molecule has 0 spiro atoms. The summed E-state index contributed by atoms with van der Waals surface area (Å²) in [6, 6.07) is 0. The highest BCUT2D eigenvalue weighted by molar-refractivity contribution is 6.01. The third-order valence-electron chi connectivity index (χ3n) is 12.1. The average molecular weight is 722 g/mol. The van der Waals surface area contributed by atoms with Crippen molar-refractivity contribution in [3.8, 4) is 22.5 Å². The van der Waals surface area contributed by atoms with Gasteiger partial charge in [0.05, 0.1) is 47.7 Å². The molecule has 4 aliphatic rings. The minimum Gasteiger partial charge on any atom is -0.384 e. The molecule has 13 heteroatoms. The maximum Gasteiger partial charge on any atom is 0.226 e. The van der Waals surface area contributed by atoms with Crippen LogP contribution in [-0.2, 0) is 61.5 Å². The summed E-state index contributed by atoms with van der Waals surface area (Å²) >= 11 is 0. The minimum atomic E-state index is -0.430. The van der Waals surface area contributed by atoms with Crippen LogP contribution in [0, 0.1) is 36.8 Å². The van der Waals surface area contributed by atoms with Crippen LogP contribution >= 0.6 is 0 Å². The summed E-state index contributed by atoms with van der Waals surface area (Å²) in [5.74, 6) is -0.0557. The van der Waals surface area contributed by atoms with Gasteiger partial charge in [0.1, 0.15) is 6.20 Å². The van der Waals surface area contributed by atoms with Crippen LogP contribution in [0.3, 0.4) is 0 Å². The van der Waals surface area contributed by atoms with E-state index in [4.69, 9.17) is 24.7 Å². The lowest BCUT2D eigenvalue weighted by Gasteiger charge is -2.44. The maximum atomic E-state index is 12.5. The van der Waals surface area contributed by atoms with Crippen LogP contribution in [0.2, 0.25) is 0 Å². The molecule has 0 unspecified atom stereocenters. The summed E-state index contributed by atoms with van der Waals surface area (Å²) in [6.45, 7) is 22.9. The number of nitrogens with zero attached hydrogens (tertiary/aromatic N) is 10. The number of allylic oxidation sites excluding steroid dienone is 4. The van der Waals surface area contributed by atoms with Gasteiger partial charge in [-0.15, -0.1) is 0 Å². The van der Waals surface area contributed by atoms with Crippen molar-refractivity contribution in [3.05, 3.63) is 93.7 Å². The first kappa shape index (κ1) is 37.2. The molecule has 6 atom stereocenters. The van der Waals surface area contributed by atoms with E-state index in [2.05, 4.69) is 28.6 Å². The molecule has 4 aromatic rings. The first-order valence-electron chi connectivity index (χ1n) is 18.3. The second-order valence-corrected chi connectivity index (χ2v) is 15.1. The summed E-state index contributed by atoms with van der Waals surface area (Å²) in [5.41, 5.74) is 7.99. The number of fused-ring (bicyclic) bond motifs is 6.